The number of H-pyrrole nitrogens is 1. The number of aromatic nitrogens is 4. The highest BCUT2D eigenvalue weighted by Crippen LogP contribution is 2.29. The summed E-state index contributed by atoms with van der Waals surface area (Å²) in [6.07, 6.45) is -0.798. The van der Waals surface area contributed by atoms with Gasteiger partial charge in [0.25, 0.3) is 0 Å². The van der Waals surface area contributed by atoms with E-state index in [2.05, 4.69) is 19.8 Å². The standard InChI is InChI=1S/C20H15F3N4O2/c1-12(13-5-3-2-4-6-13)17-25-11-16(26-17)14-7-9-24-18-15(14)8-10-27(18)29-19(28)20(21,22)23/h2-12H,1H3,(H,25,26). The zero-order valence-corrected chi connectivity index (χ0v) is 15.1. The molecule has 0 saturated carbocycles. The predicted molar refractivity (Wildman–Crippen MR) is 98.9 cm³/mol. The first-order chi connectivity index (χ1) is 13.8. The lowest BCUT2D eigenvalue weighted by Crippen LogP contribution is -2.33. The molecule has 9 heteroatoms. The molecule has 0 radical (unpaired) electrons. The molecular weight excluding hydrogens is 385 g/mol. The van der Waals surface area contributed by atoms with Gasteiger partial charge >= 0.3 is 12.1 Å². The van der Waals surface area contributed by atoms with Gasteiger partial charge in [0.2, 0.25) is 0 Å². The topological polar surface area (TPSA) is 72.8 Å². The number of imidazole rings is 1. The number of carbonyl (C=O) groups excluding carboxylic acids is 1. The molecule has 1 N–H and O–H groups in total. The molecule has 1 unspecified atom stereocenters. The van der Waals surface area contributed by atoms with Gasteiger partial charge in [0.1, 0.15) is 5.82 Å². The van der Waals surface area contributed by atoms with Crippen molar-refractivity contribution in [2.24, 2.45) is 0 Å². The van der Waals surface area contributed by atoms with Crippen LogP contribution < -0.4 is 4.84 Å². The molecule has 1 atom stereocenters. The third kappa shape index (κ3) is 3.58. The Hall–Kier alpha value is -3.62. The molecule has 4 aromatic rings. The zero-order chi connectivity index (χ0) is 20.6. The van der Waals surface area contributed by atoms with E-state index in [1.807, 2.05) is 37.3 Å². The van der Waals surface area contributed by atoms with Crippen LogP contribution in [0.4, 0.5) is 13.2 Å². The Bertz CT molecular complexity index is 1170. The van der Waals surface area contributed by atoms with Crippen LogP contribution in [0, 0.1) is 0 Å². The van der Waals surface area contributed by atoms with Crippen molar-refractivity contribution in [2.45, 2.75) is 19.0 Å². The maximum atomic E-state index is 12.5. The van der Waals surface area contributed by atoms with Gasteiger partial charge in [0, 0.05) is 29.3 Å². The number of fused-ring (bicyclic) bond motifs is 1. The van der Waals surface area contributed by atoms with Gasteiger partial charge in [0.05, 0.1) is 11.9 Å². The number of hydrogen-bond donors (Lipinski definition) is 1. The van der Waals surface area contributed by atoms with E-state index in [9.17, 15) is 18.0 Å². The lowest BCUT2D eigenvalue weighted by atomic mass is 10.0. The number of carbonyl (C=O) groups is 1. The first-order valence-corrected chi connectivity index (χ1v) is 8.70. The third-order valence-corrected chi connectivity index (χ3v) is 4.56. The largest absolute Gasteiger partial charge is 0.493 e. The van der Waals surface area contributed by atoms with E-state index in [0.29, 0.717) is 21.4 Å². The number of nitrogens with zero attached hydrogens (tertiary/aromatic N) is 3. The van der Waals surface area contributed by atoms with Crippen LogP contribution in [-0.4, -0.2) is 31.8 Å². The minimum atomic E-state index is -5.10. The summed E-state index contributed by atoms with van der Waals surface area (Å²) in [5.41, 5.74) is 2.54. The molecular formula is C20H15F3N4O2. The number of aromatic amines is 1. The minimum Gasteiger partial charge on any atom is -0.341 e. The second-order valence-corrected chi connectivity index (χ2v) is 6.43. The van der Waals surface area contributed by atoms with Gasteiger partial charge in [-0.2, -0.15) is 17.9 Å². The number of pyridine rings is 1. The predicted octanol–water partition coefficient (Wildman–Crippen LogP) is 4.10. The molecule has 148 valence electrons. The monoisotopic (exact) mass is 400 g/mol. The molecule has 0 bridgehead atoms. The van der Waals surface area contributed by atoms with E-state index in [4.69, 9.17) is 0 Å². The molecule has 6 nitrogen and oxygen atoms in total. The Labute approximate surface area is 162 Å². The van der Waals surface area contributed by atoms with E-state index in [1.165, 1.54) is 18.5 Å². The lowest BCUT2D eigenvalue weighted by molar-refractivity contribution is -0.199. The van der Waals surface area contributed by atoms with Crippen molar-refractivity contribution in [1.29, 1.82) is 0 Å². The highest BCUT2D eigenvalue weighted by molar-refractivity contribution is 5.92. The highest BCUT2D eigenvalue weighted by Gasteiger charge is 2.42. The van der Waals surface area contributed by atoms with E-state index < -0.39 is 12.1 Å². The van der Waals surface area contributed by atoms with Crippen molar-refractivity contribution in [2.75, 3.05) is 0 Å². The van der Waals surface area contributed by atoms with Crippen LogP contribution in [-0.2, 0) is 4.79 Å². The number of halogens is 3. The average Bonchev–Trinajstić information content (AvgIpc) is 3.35. The van der Waals surface area contributed by atoms with Crippen molar-refractivity contribution in [3.8, 4) is 11.3 Å². The van der Waals surface area contributed by atoms with Crippen molar-refractivity contribution < 1.29 is 22.8 Å². The Kier molecular flexibility index (Phi) is 4.57. The Morgan fingerprint density at radius 3 is 2.62 bits per heavy atom. The molecule has 0 saturated heterocycles. The molecule has 0 aliphatic heterocycles. The molecule has 0 fully saturated rings. The maximum absolute atomic E-state index is 12.5. The molecule has 29 heavy (non-hydrogen) atoms. The van der Waals surface area contributed by atoms with Gasteiger partial charge < -0.3 is 9.82 Å². The van der Waals surface area contributed by atoms with Gasteiger partial charge in [-0.05, 0) is 17.7 Å². The fraction of sp³-hybridized carbons (Fsp3) is 0.150. The first-order valence-electron chi connectivity index (χ1n) is 8.70. The summed E-state index contributed by atoms with van der Waals surface area (Å²) >= 11 is 0. The summed E-state index contributed by atoms with van der Waals surface area (Å²) in [4.78, 5) is 27.3. The normalized spacial score (nSPS) is 12.8. The molecule has 0 spiro atoms. The van der Waals surface area contributed by atoms with E-state index in [-0.39, 0.29) is 11.6 Å². The van der Waals surface area contributed by atoms with E-state index in [1.54, 1.807) is 12.3 Å². The second kappa shape index (κ2) is 7.08. The van der Waals surface area contributed by atoms with Crippen molar-refractivity contribution >= 4 is 17.0 Å². The van der Waals surface area contributed by atoms with E-state index in [0.717, 1.165) is 11.4 Å². The number of rotatable bonds is 4. The Balaban J connectivity index is 1.67. The average molecular weight is 400 g/mol. The fourth-order valence-electron chi connectivity index (χ4n) is 3.06. The van der Waals surface area contributed by atoms with Crippen LogP contribution in [0.25, 0.3) is 22.3 Å². The van der Waals surface area contributed by atoms with Gasteiger partial charge in [-0.1, -0.05) is 37.3 Å². The van der Waals surface area contributed by atoms with Crippen LogP contribution in [0.1, 0.15) is 24.2 Å². The van der Waals surface area contributed by atoms with Crippen LogP contribution in [0.2, 0.25) is 0 Å². The van der Waals surface area contributed by atoms with Crippen LogP contribution in [0.15, 0.2) is 61.1 Å². The zero-order valence-electron chi connectivity index (χ0n) is 15.1. The molecule has 4 rings (SSSR count). The second-order valence-electron chi connectivity index (χ2n) is 6.43. The number of alkyl halides is 3. The summed E-state index contributed by atoms with van der Waals surface area (Å²) in [5, 5.41) is 0.519. The molecule has 1 aromatic carbocycles. The Morgan fingerprint density at radius 2 is 1.90 bits per heavy atom. The molecule has 0 amide bonds. The summed E-state index contributed by atoms with van der Waals surface area (Å²) in [6.45, 7) is 2.02. The Morgan fingerprint density at radius 1 is 1.14 bits per heavy atom. The van der Waals surface area contributed by atoms with Crippen molar-refractivity contribution in [3.63, 3.8) is 0 Å². The highest BCUT2D eigenvalue weighted by atomic mass is 19.4. The van der Waals surface area contributed by atoms with Crippen LogP contribution in [0.3, 0.4) is 0 Å². The van der Waals surface area contributed by atoms with Gasteiger partial charge in [-0.15, -0.1) is 0 Å². The quantitative estimate of drug-likeness (QED) is 0.560. The first kappa shape index (κ1) is 18.7. The summed E-state index contributed by atoms with van der Waals surface area (Å²) in [7, 11) is 0. The van der Waals surface area contributed by atoms with Crippen LogP contribution in [0.5, 0.6) is 0 Å². The minimum absolute atomic E-state index is 0.0274. The van der Waals surface area contributed by atoms with Crippen molar-refractivity contribution in [3.05, 3.63) is 72.4 Å². The summed E-state index contributed by atoms with van der Waals surface area (Å²) in [6, 6.07) is 13.1. The molecule has 0 aliphatic rings. The number of nitrogens with one attached hydrogen (secondary N) is 1. The number of hydrogen-bond acceptors (Lipinski definition) is 4. The SMILES string of the molecule is CC(c1ccccc1)c1ncc(-c2ccnc3c2ccn3OC(=O)C(F)(F)F)[nH]1. The maximum Gasteiger partial charge on any atom is 0.493 e. The summed E-state index contributed by atoms with van der Waals surface area (Å²) < 4.78 is 38.2. The van der Waals surface area contributed by atoms with Gasteiger partial charge in [-0.3, -0.25) is 0 Å². The number of benzene rings is 1. The third-order valence-electron chi connectivity index (χ3n) is 4.56. The summed E-state index contributed by atoms with van der Waals surface area (Å²) in [5.74, 6) is -1.54. The lowest BCUT2D eigenvalue weighted by Gasteiger charge is -2.09. The molecule has 0 aliphatic carbocycles. The van der Waals surface area contributed by atoms with Gasteiger partial charge in [0.15, 0.2) is 5.65 Å². The fourth-order valence-corrected chi connectivity index (χ4v) is 3.06. The smallest absolute Gasteiger partial charge is 0.341 e. The van der Waals surface area contributed by atoms with Gasteiger partial charge in [-0.25, -0.2) is 14.8 Å². The molecule has 3 aromatic heterocycles. The van der Waals surface area contributed by atoms with E-state index >= 15 is 0 Å². The molecule has 3 heterocycles. The van der Waals surface area contributed by atoms with Crippen molar-refractivity contribution in [1.82, 2.24) is 19.7 Å². The van der Waals surface area contributed by atoms with Crippen LogP contribution >= 0.6 is 0 Å².